The maximum absolute atomic E-state index is 5.43. The second kappa shape index (κ2) is 14.1. The van der Waals surface area contributed by atoms with Gasteiger partial charge in [0.05, 0.1) is 14.2 Å². The average molecular weight is 536 g/mol. The lowest BCUT2D eigenvalue weighted by atomic mass is 10.0. The van der Waals surface area contributed by atoms with Crippen molar-refractivity contribution in [3.63, 3.8) is 0 Å². The quantitative estimate of drug-likeness (QED) is 0.172. The molecule has 0 heterocycles. The SMILES string of the molecule is COc1ccc2cc(C)cc(NCCCCN(C)CCCNc3cc(C)cc4ccc(OC)cc34)c2c1.Cl. The van der Waals surface area contributed by atoms with Gasteiger partial charge in [0.1, 0.15) is 11.5 Å². The molecule has 0 bridgehead atoms. The van der Waals surface area contributed by atoms with Crippen LogP contribution in [0.25, 0.3) is 21.5 Å². The molecule has 4 aromatic rings. The second-order valence-corrected chi connectivity index (χ2v) is 10.0. The number of hydrogen-bond acceptors (Lipinski definition) is 5. The van der Waals surface area contributed by atoms with Gasteiger partial charge in [0.25, 0.3) is 0 Å². The lowest BCUT2D eigenvalue weighted by Gasteiger charge is -2.18. The van der Waals surface area contributed by atoms with E-state index in [2.05, 4.69) is 85.0 Å². The minimum Gasteiger partial charge on any atom is -0.497 e. The predicted molar refractivity (Wildman–Crippen MR) is 166 cm³/mol. The highest BCUT2D eigenvalue weighted by molar-refractivity contribution is 5.96. The van der Waals surface area contributed by atoms with Crippen LogP contribution in [0.15, 0.2) is 60.7 Å². The molecule has 6 heteroatoms. The highest BCUT2D eigenvalue weighted by atomic mass is 35.5. The Kier molecular flexibility index (Phi) is 10.9. The first-order chi connectivity index (χ1) is 18.0. The van der Waals surface area contributed by atoms with Crippen LogP contribution in [-0.2, 0) is 0 Å². The molecule has 0 amide bonds. The number of aryl methyl sites for hydroxylation is 2. The molecule has 0 aliphatic carbocycles. The first kappa shape index (κ1) is 29.4. The maximum Gasteiger partial charge on any atom is 0.119 e. The van der Waals surface area contributed by atoms with E-state index in [0.717, 1.165) is 50.5 Å². The molecule has 5 nitrogen and oxygen atoms in total. The Hall–Kier alpha value is -3.15. The molecule has 4 rings (SSSR count). The molecule has 0 radical (unpaired) electrons. The lowest BCUT2D eigenvalue weighted by Crippen LogP contribution is -2.23. The van der Waals surface area contributed by atoms with Gasteiger partial charge in [-0.1, -0.05) is 24.3 Å². The van der Waals surface area contributed by atoms with Crippen LogP contribution in [0.2, 0.25) is 0 Å². The monoisotopic (exact) mass is 535 g/mol. The van der Waals surface area contributed by atoms with E-state index >= 15 is 0 Å². The minimum absolute atomic E-state index is 0. The van der Waals surface area contributed by atoms with Crippen LogP contribution in [0.1, 0.15) is 30.4 Å². The fraction of sp³-hybridized carbons (Fsp3) is 0.375. The van der Waals surface area contributed by atoms with Crippen LogP contribution in [0, 0.1) is 13.8 Å². The number of anilines is 2. The number of nitrogens with zero attached hydrogens (tertiary/aromatic N) is 1. The summed E-state index contributed by atoms with van der Waals surface area (Å²) in [4.78, 5) is 2.44. The molecule has 0 fully saturated rings. The van der Waals surface area contributed by atoms with Crippen molar-refractivity contribution in [2.45, 2.75) is 33.1 Å². The summed E-state index contributed by atoms with van der Waals surface area (Å²) in [6.07, 6.45) is 3.41. The third-order valence-corrected chi connectivity index (χ3v) is 6.93. The smallest absolute Gasteiger partial charge is 0.119 e. The van der Waals surface area contributed by atoms with Gasteiger partial charge in [0.2, 0.25) is 0 Å². The van der Waals surface area contributed by atoms with Crippen molar-refractivity contribution in [2.75, 3.05) is 58.1 Å². The standard InChI is InChI=1S/C32H41N3O2.ClH/c1-23-17-25-9-11-27(36-4)21-29(25)31(19-23)33-13-6-7-15-35(3)16-8-14-34-32-20-24(2)18-26-10-12-28(37-5)22-30(26)32;/h9-12,17-22,33-34H,6-8,13-16H2,1-5H3;1H. The minimum atomic E-state index is 0. The van der Waals surface area contributed by atoms with Gasteiger partial charge >= 0.3 is 0 Å². The van der Waals surface area contributed by atoms with Gasteiger partial charge < -0.3 is 25.0 Å². The molecule has 0 saturated carbocycles. The van der Waals surface area contributed by atoms with E-state index in [4.69, 9.17) is 9.47 Å². The Bertz CT molecular complexity index is 1340. The predicted octanol–water partition coefficient (Wildman–Crippen LogP) is 7.67. The molecule has 0 atom stereocenters. The van der Waals surface area contributed by atoms with E-state index in [9.17, 15) is 0 Å². The van der Waals surface area contributed by atoms with E-state index in [1.54, 1.807) is 14.2 Å². The van der Waals surface area contributed by atoms with Crippen molar-refractivity contribution in [3.8, 4) is 11.5 Å². The number of ether oxygens (including phenoxy) is 2. The lowest BCUT2D eigenvalue weighted by molar-refractivity contribution is 0.326. The highest BCUT2D eigenvalue weighted by Gasteiger charge is 2.07. The number of nitrogens with one attached hydrogen (secondary N) is 2. The molecule has 0 spiro atoms. The third kappa shape index (κ3) is 7.68. The number of fused-ring (bicyclic) bond motifs is 2. The molecular weight excluding hydrogens is 494 g/mol. The zero-order valence-corrected chi connectivity index (χ0v) is 24.2. The molecule has 0 aliphatic rings. The van der Waals surface area contributed by atoms with E-state index in [1.807, 2.05) is 12.1 Å². The van der Waals surface area contributed by atoms with E-state index < -0.39 is 0 Å². The summed E-state index contributed by atoms with van der Waals surface area (Å²) in [5, 5.41) is 12.2. The van der Waals surface area contributed by atoms with Crippen LogP contribution in [0.3, 0.4) is 0 Å². The van der Waals surface area contributed by atoms with Crippen molar-refractivity contribution in [2.24, 2.45) is 0 Å². The number of unbranched alkanes of at least 4 members (excludes halogenated alkanes) is 1. The molecule has 0 aliphatic heterocycles. The number of methoxy groups -OCH3 is 2. The van der Waals surface area contributed by atoms with Crippen molar-refractivity contribution < 1.29 is 9.47 Å². The van der Waals surface area contributed by atoms with Gasteiger partial charge in [-0.05, 0) is 112 Å². The summed E-state index contributed by atoms with van der Waals surface area (Å²) in [6, 6.07) is 21.5. The summed E-state index contributed by atoms with van der Waals surface area (Å²) in [7, 11) is 5.66. The summed E-state index contributed by atoms with van der Waals surface area (Å²) in [5.41, 5.74) is 4.91. The Morgan fingerprint density at radius 1 is 0.632 bits per heavy atom. The zero-order valence-electron chi connectivity index (χ0n) is 23.4. The second-order valence-electron chi connectivity index (χ2n) is 10.0. The van der Waals surface area contributed by atoms with Gasteiger partial charge in [0.15, 0.2) is 0 Å². The van der Waals surface area contributed by atoms with Gasteiger partial charge in [0, 0.05) is 35.2 Å². The van der Waals surface area contributed by atoms with Gasteiger partial charge in [-0.25, -0.2) is 0 Å². The number of benzene rings is 4. The molecule has 0 saturated heterocycles. The number of rotatable bonds is 13. The van der Waals surface area contributed by atoms with Crippen LogP contribution in [0.5, 0.6) is 11.5 Å². The molecule has 38 heavy (non-hydrogen) atoms. The topological polar surface area (TPSA) is 45.8 Å². The number of hydrogen-bond donors (Lipinski definition) is 2. The van der Waals surface area contributed by atoms with Crippen LogP contribution in [0.4, 0.5) is 11.4 Å². The molecule has 204 valence electrons. The molecule has 4 aromatic carbocycles. The fourth-order valence-electron chi connectivity index (χ4n) is 4.93. The molecule has 0 aromatic heterocycles. The first-order valence-corrected chi connectivity index (χ1v) is 13.3. The van der Waals surface area contributed by atoms with Crippen LogP contribution in [-0.4, -0.2) is 52.3 Å². The summed E-state index contributed by atoms with van der Waals surface area (Å²) in [5.74, 6) is 1.79. The molecular formula is C32H42ClN3O2. The van der Waals surface area contributed by atoms with Gasteiger partial charge in [-0.3, -0.25) is 0 Å². The third-order valence-electron chi connectivity index (χ3n) is 6.93. The average Bonchev–Trinajstić information content (AvgIpc) is 2.90. The molecule has 2 N–H and O–H groups in total. The normalized spacial score (nSPS) is 11.0. The Morgan fingerprint density at radius 2 is 1.11 bits per heavy atom. The Balaban J connectivity index is 0.00000400. The van der Waals surface area contributed by atoms with Crippen LogP contribution < -0.4 is 20.1 Å². The van der Waals surface area contributed by atoms with E-state index in [1.165, 1.54) is 50.5 Å². The summed E-state index contributed by atoms with van der Waals surface area (Å²) < 4.78 is 10.9. The van der Waals surface area contributed by atoms with Gasteiger partial charge in [-0.15, -0.1) is 12.4 Å². The van der Waals surface area contributed by atoms with Crippen molar-refractivity contribution in [3.05, 3.63) is 71.8 Å². The van der Waals surface area contributed by atoms with Crippen molar-refractivity contribution in [1.29, 1.82) is 0 Å². The highest BCUT2D eigenvalue weighted by Crippen LogP contribution is 2.30. The van der Waals surface area contributed by atoms with Crippen LogP contribution >= 0.6 is 12.4 Å². The van der Waals surface area contributed by atoms with E-state index in [0.29, 0.717) is 0 Å². The van der Waals surface area contributed by atoms with E-state index in [-0.39, 0.29) is 12.4 Å². The summed E-state index contributed by atoms with van der Waals surface area (Å²) >= 11 is 0. The zero-order chi connectivity index (χ0) is 26.2. The number of halogens is 1. The largest absolute Gasteiger partial charge is 0.497 e. The van der Waals surface area contributed by atoms with Gasteiger partial charge in [-0.2, -0.15) is 0 Å². The first-order valence-electron chi connectivity index (χ1n) is 13.3. The summed E-state index contributed by atoms with van der Waals surface area (Å²) in [6.45, 7) is 8.40. The Labute approximate surface area is 233 Å². The van der Waals surface area contributed by atoms with Crippen molar-refractivity contribution >= 4 is 45.3 Å². The fourth-order valence-corrected chi connectivity index (χ4v) is 4.93. The Morgan fingerprint density at radius 3 is 1.61 bits per heavy atom. The maximum atomic E-state index is 5.43. The molecule has 0 unspecified atom stereocenters. The van der Waals surface area contributed by atoms with Crippen molar-refractivity contribution in [1.82, 2.24) is 4.90 Å².